The van der Waals surface area contributed by atoms with Gasteiger partial charge in [-0.25, -0.2) is 0 Å². The Morgan fingerprint density at radius 3 is 2.28 bits per heavy atom. The van der Waals surface area contributed by atoms with E-state index >= 15 is 0 Å². The Balaban J connectivity index is 4.31. The van der Waals surface area contributed by atoms with Gasteiger partial charge >= 0.3 is 0 Å². The molecule has 0 aromatic carbocycles. The van der Waals surface area contributed by atoms with Gasteiger partial charge in [0.15, 0.2) is 0 Å². The van der Waals surface area contributed by atoms with E-state index in [1.807, 2.05) is 6.92 Å². The molecule has 5 heteroatoms. The number of hydrogen-bond acceptors (Lipinski definition) is 3. The SMILES string of the molecule is CCCCCC(NC(=O)CCC)C(=O)N[C@@H](C)S. The number of nitrogens with one attached hydrogen (secondary N) is 2. The van der Waals surface area contributed by atoms with Crippen molar-refractivity contribution in [3.8, 4) is 0 Å². The highest BCUT2D eigenvalue weighted by molar-refractivity contribution is 7.80. The summed E-state index contributed by atoms with van der Waals surface area (Å²) >= 11 is 4.13. The van der Waals surface area contributed by atoms with E-state index in [1.165, 1.54) is 0 Å². The average Bonchev–Trinajstić information content (AvgIpc) is 2.27. The van der Waals surface area contributed by atoms with Crippen molar-refractivity contribution in [2.75, 3.05) is 0 Å². The number of rotatable bonds is 9. The molecule has 0 aliphatic heterocycles. The van der Waals surface area contributed by atoms with Crippen LogP contribution in [0.4, 0.5) is 0 Å². The molecule has 0 bridgehead atoms. The Morgan fingerprint density at radius 1 is 1.11 bits per heavy atom. The first-order valence-corrected chi connectivity index (χ1v) is 7.30. The molecular formula is C13H26N2O2S. The predicted octanol–water partition coefficient (Wildman–Crippen LogP) is 2.24. The van der Waals surface area contributed by atoms with Crippen molar-refractivity contribution in [2.45, 2.75) is 70.7 Å². The third kappa shape index (κ3) is 8.39. The Kier molecular flexibility index (Phi) is 9.83. The van der Waals surface area contributed by atoms with Gasteiger partial charge in [0, 0.05) is 6.42 Å². The molecule has 2 amide bonds. The molecule has 0 spiro atoms. The summed E-state index contributed by atoms with van der Waals surface area (Å²) in [5.41, 5.74) is 0. The van der Waals surface area contributed by atoms with E-state index in [9.17, 15) is 9.59 Å². The molecule has 2 N–H and O–H groups in total. The lowest BCUT2D eigenvalue weighted by Gasteiger charge is -2.19. The monoisotopic (exact) mass is 274 g/mol. The van der Waals surface area contributed by atoms with Gasteiger partial charge in [0.05, 0.1) is 5.37 Å². The number of carbonyl (C=O) groups is 2. The Bertz CT molecular complexity index is 257. The van der Waals surface area contributed by atoms with Crippen LogP contribution < -0.4 is 10.6 Å². The maximum Gasteiger partial charge on any atom is 0.243 e. The highest BCUT2D eigenvalue weighted by atomic mass is 32.1. The molecular weight excluding hydrogens is 248 g/mol. The molecule has 0 saturated carbocycles. The van der Waals surface area contributed by atoms with Crippen LogP contribution in [0.1, 0.15) is 59.3 Å². The zero-order valence-electron chi connectivity index (χ0n) is 11.7. The zero-order valence-corrected chi connectivity index (χ0v) is 12.6. The van der Waals surface area contributed by atoms with Crippen LogP contribution in [-0.4, -0.2) is 23.2 Å². The van der Waals surface area contributed by atoms with E-state index < -0.39 is 6.04 Å². The first-order valence-electron chi connectivity index (χ1n) is 6.79. The maximum absolute atomic E-state index is 11.9. The Hall–Kier alpha value is -0.710. The van der Waals surface area contributed by atoms with Crippen LogP contribution >= 0.6 is 12.6 Å². The van der Waals surface area contributed by atoms with Crippen molar-refractivity contribution in [1.82, 2.24) is 10.6 Å². The Labute approximate surface area is 116 Å². The summed E-state index contributed by atoms with van der Waals surface area (Å²) in [6.07, 6.45) is 5.06. The van der Waals surface area contributed by atoms with Crippen molar-refractivity contribution in [3.63, 3.8) is 0 Å². The van der Waals surface area contributed by atoms with Gasteiger partial charge in [0.2, 0.25) is 11.8 Å². The summed E-state index contributed by atoms with van der Waals surface area (Å²) in [6.45, 7) is 5.85. The summed E-state index contributed by atoms with van der Waals surface area (Å²) in [4.78, 5) is 23.5. The van der Waals surface area contributed by atoms with E-state index in [0.717, 1.165) is 25.7 Å². The molecule has 0 rings (SSSR count). The van der Waals surface area contributed by atoms with Gasteiger partial charge in [-0.2, -0.15) is 12.6 Å². The molecule has 0 saturated heterocycles. The number of hydrogen-bond donors (Lipinski definition) is 3. The summed E-state index contributed by atoms with van der Waals surface area (Å²) in [5, 5.41) is 5.33. The fourth-order valence-electron chi connectivity index (χ4n) is 1.67. The second-order valence-corrected chi connectivity index (χ2v) is 5.33. The highest BCUT2D eigenvalue weighted by Crippen LogP contribution is 2.05. The van der Waals surface area contributed by atoms with E-state index in [-0.39, 0.29) is 17.2 Å². The number of thiol groups is 1. The van der Waals surface area contributed by atoms with Gasteiger partial charge in [-0.05, 0) is 19.8 Å². The summed E-state index contributed by atoms with van der Waals surface area (Å²) in [7, 11) is 0. The van der Waals surface area contributed by atoms with Crippen LogP contribution in [0, 0.1) is 0 Å². The molecule has 18 heavy (non-hydrogen) atoms. The quantitative estimate of drug-likeness (QED) is 0.343. The van der Waals surface area contributed by atoms with E-state index in [2.05, 4.69) is 30.2 Å². The van der Waals surface area contributed by atoms with Crippen LogP contribution in [-0.2, 0) is 9.59 Å². The third-order valence-electron chi connectivity index (χ3n) is 2.58. The molecule has 1 unspecified atom stereocenters. The lowest BCUT2D eigenvalue weighted by atomic mass is 10.1. The minimum atomic E-state index is -0.426. The molecule has 2 atom stereocenters. The van der Waals surface area contributed by atoms with Crippen molar-refractivity contribution in [2.24, 2.45) is 0 Å². The molecule has 0 aliphatic rings. The van der Waals surface area contributed by atoms with Gasteiger partial charge < -0.3 is 10.6 Å². The van der Waals surface area contributed by atoms with Gasteiger partial charge in [-0.1, -0.05) is 33.1 Å². The lowest BCUT2D eigenvalue weighted by Crippen LogP contribution is -2.48. The van der Waals surface area contributed by atoms with E-state index in [0.29, 0.717) is 12.8 Å². The molecule has 0 heterocycles. The van der Waals surface area contributed by atoms with Crippen LogP contribution in [0.3, 0.4) is 0 Å². The lowest BCUT2D eigenvalue weighted by molar-refractivity contribution is -0.129. The largest absolute Gasteiger partial charge is 0.344 e. The van der Waals surface area contributed by atoms with Crippen LogP contribution in [0.5, 0.6) is 0 Å². The summed E-state index contributed by atoms with van der Waals surface area (Å²) in [5.74, 6) is -0.195. The molecule has 0 aromatic rings. The van der Waals surface area contributed by atoms with Crippen molar-refractivity contribution in [1.29, 1.82) is 0 Å². The van der Waals surface area contributed by atoms with Crippen LogP contribution in [0.15, 0.2) is 0 Å². The normalized spacial score (nSPS) is 13.8. The fourth-order valence-corrected chi connectivity index (χ4v) is 1.79. The van der Waals surface area contributed by atoms with Crippen molar-refractivity contribution >= 4 is 24.4 Å². The minimum Gasteiger partial charge on any atom is -0.344 e. The molecule has 0 radical (unpaired) electrons. The van der Waals surface area contributed by atoms with Crippen molar-refractivity contribution < 1.29 is 9.59 Å². The summed E-state index contributed by atoms with van der Waals surface area (Å²) < 4.78 is 0. The maximum atomic E-state index is 11.9. The first kappa shape index (κ1) is 17.3. The molecule has 0 aliphatic carbocycles. The second-order valence-electron chi connectivity index (χ2n) is 4.55. The molecule has 106 valence electrons. The molecule has 4 nitrogen and oxygen atoms in total. The van der Waals surface area contributed by atoms with Crippen LogP contribution in [0.2, 0.25) is 0 Å². The van der Waals surface area contributed by atoms with Gasteiger partial charge in [0.25, 0.3) is 0 Å². The summed E-state index contributed by atoms with van der Waals surface area (Å²) in [6, 6.07) is -0.426. The van der Waals surface area contributed by atoms with E-state index in [1.54, 1.807) is 6.92 Å². The predicted molar refractivity (Wildman–Crippen MR) is 77.6 cm³/mol. The van der Waals surface area contributed by atoms with Gasteiger partial charge in [0.1, 0.15) is 6.04 Å². The topological polar surface area (TPSA) is 58.2 Å². The second kappa shape index (κ2) is 10.2. The standard InChI is InChI=1S/C13H26N2O2S/c1-4-6-7-9-11(13(17)14-10(3)18)15-12(16)8-5-2/h10-11,18H,4-9H2,1-3H3,(H,14,17)(H,15,16)/t10-,11?/m1/s1. The average molecular weight is 274 g/mol. The fraction of sp³-hybridized carbons (Fsp3) is 0.846. The first-order chi connectivity index (χ1) is 8.51. The van der Waals surface area contributed by atoms with Crippen molar-refractivity contribution in [3.05, 3.63) is 0 Å². The Morgan fingerprint density at radius 2 is 1.78 bits per heavy atom. The number of carbonyl (C=O) groups excluding carboxylic acids is 2. The van der Waals surface area contributed by atoms with Gasteiger partial charge in [-0.3, -0.25) is 9.59 Å². The minimum absolute atomic E-state index is 0.0547. The number of unbranched alkanes of at least 4 members (excludes halogenated alkanes) is 2. The van der Waals surface area contributed by atoms with Gasteiger partial charge in [-0.15, -0.1) is 0 Å². The van der Waals surface area contributed by atoms with E-state index in [4.69, 9.17) is 0 Å². The zero-order chi connectivity index (χ0) is 14.0. The molecule has 0 aromatic heterocycles. The molecule has 0 fully saturated rings. The van der Waals surface area contributed by atoms with Crippen LogP contribution in [0.25, 0.3) is 0 Å². The highest BCUT2D eigenvalue weighted by Gasteiger charge is 2.20. The third-order valence-corrected chi connectivity index (χ3v) is 2.71. The number of amides is 2. The smallest absolute Gasteiger partial charge is 0.243 e.